The standard InChI is InChI=1S/C21H33NO6S.Na.H/c1-3-5-7-8-9-10-12-20(23)22-19(11-6-4-2)21(24)28-17-13-15-18(16-14-17)29(25,26)27;;/h13-16,19H,3-12H2,1-2H3,(H,22,23)(H,25,26,27);;/q;+1;-1. The largest absolute Gasteiger partial charge is 1.00 e. The number of esters is 1. The SMILES string of the molecule is CCCCCCCCC(=O)NC(CCCC)C(=O)Oc1ccc(S(=O)(=O)O)cc1.[H-].[Na+]. The monoisotopic (exact) mass is 451 g/mol. The van der Waals surface area contributed by atoms with Gasteiger partial charge in [-0.1, -0.05) is 58.8 Å². The first kappa shape index (κ1) is 29.1. The Morgan fingerprint density at radius 2 is 1.57 bits per heavy atom. The van der Waals surface area contributed by atoms with E-state index in [1.807, 2.05) is 6.92 Å². The van der Waals surface area contributed by atoms with E-state index in [-0.39, 0.29) is 47.5 Å². The molecule has 166 valence electrons. The number of hydrogen-bond acceptors (Lipinski definition) is 5. The van der Waals surface area contributed by atoms with E-state index in [0.29, 0.717) is 12.8 Å². The van der Waals surface area contributed by atoms with Crippen LogP contribution in [0.2, 0.25) is 0 Å². The van der Waals surface area contributed by atoms with Gasteiger partial charge in [0.2, 0.25) is 5.91 Å². The van der Waals surface area contributed by atoms with Crippen LogP contribution in [0.1, 0.15) is 79.5 Å². The van der Waals surface area contributed by atoms with Gasteiger partial charge in [-0.05, 0) is 37.1 Å². The summed E-state index contributed by atoms with van der Waals surface area (Å²) in [5, 5.41) is 2.76. The molecule has 1 aromatic carbocycles. The molecule has 30 heavy (non-hydrogen) atoms. The third-order valence-corrected chi connectivity index (χ3v) is 5.43. The maximum Gasteiger partial charge on any atom is 1.00 e. The van der Waals surface area contributed by atoms with Gasteiger partial charge in [-0.25, -0.2) is 4.79 Å². The number of carbonyl (C=O) groups is 2. The maximum absolute atomic E-state index is 12.5. The van der Waals surface area contributed by atoms with E-state index in [2.05, 4.69) is 12.2 Å². The van der Waals surface area contributed by atoms with Crippen molar-refractivity contribution in [1.29, 1.82) is 0 Å². The molecule has 0 aliphatic carbocycles. The fraction of sp³-hybridized carbons (Fsp3) is 0.619. The summed E-state index contributed by atoms with van der Waals surface area (Å²) in [4.78, 5) is 24.4. The summed E-state index contributed by atoms with van der Waals surface area (Å²) in [6.07, 6.45) is 8.97. The molecule has 0 bridgehead atoms. The predicted octanol–water partition coefficient (Wildman–Crippen LogP) is 1.38. The fourth-order valence-corrected chi connectivity index (χ4v) is 3.34. The Morgan fingerprint density at radius 1 is 1.00 bits per heavy atom. The summed E-state index contributed by atoms with van der Waals surface area (Å²) in [5.41, 5.74) is 0. The van der Waals surface area contributed by atoms with Crippen LogP contribution >= 0.6 is 0 Å². The van der Waals surface area contributed by atoms with Crippen LogP contribution in [0.15, 0.2) is 29.2 Å². The second-order valence-corrected chi connectivity index (χ2v) is 8.57. The average Bonchev–Trinajstić information content (AvgIpc) is 2.67. The van der Waals surface area contributed by atoms with Crippen LogP contribution in [0.3, 0.4) is 0 Å². The normalized spacial score (nSPS) is 12.0. The van der Waals surface area contributed by atoms with Crippen LogP contribution in [0.5, 0.6) is 5.75 Å². The minimum Gasteiger partial charge on any atom is -1.00 e. The van der Waals surface area contributed by atoms with Gasteiger partial charge in [-0.2, -0.15) is 8.42 Å². The van der Waals surface area contributed by atoms with E-state index in [0.717, 1.165) is 44.2 Å². The summed E-state index contributed by atoms with van der Waals surface area (Å²) < 4.78 is 36.4. The molecule has 0 aliphatic rings. The van der Waals surface area contributed by atoms with Crippen molar-refractivity contribution in [3.63, 3.8) is 0 Å². The Morgan fingerprint density at radius 3 is 2.13 bits per heavy atom. The van der Waals surface area contributed by atoms with Crippen molar-refractivity contribution in [2.45, 2.75) is 89.0 Å². The van der Waals surface area contributed by atoms with E-state index in [4.69, 9.17) is 9.29 Å². The number of ether oxygens (including phenoxy) is 1. The quantitative estimate of drug-likeness (QED) is 0.145. The van der Waals surface area contributed by atoms with Crippen LogP contribution in [-0.4, -0.2) is 30.9 Å². The van der Waals surface area contributed by atoms with Gasteiger partial charge < -0.3 is 11.5 Å². The topological polar surface area (TPSA) is 110 Å². The Labute approximate surface area is 203 Å². The number of unbranched alkanes of at least 4 members (excludes halogenated alkanes) is 6. The van der Waals surface area contributed by atoms with E-state index >= 15 is 0 Å². The molecule has 0 aliphatic heterocycles. The zero-order valence-electron chi connectivity index (χ0n) is 19.4. The zero-order valence-corrected chi connectivity index (χ0v) is 21.2. The van der Waals surface area contributed by atoms with Gasteiger partial charge in [0.25, 0.3) is 10.1 Å². The average molecular weight is 452 g/mol. The molecule has 0 spiro atoms. The summed E-state index contributed by atoms with van der Waals surface area (Å²) in [7, 11) is -4.31. The van der Waals surface area contributed by atoms with Gasteiger partial charge in [-0.3, -0.25) is 9.35 Å². The molecule has 1 amide bonds. The molecular formula is C21H34NNaO6S. The van der Waals surface area contributed by atoms with E-state index in [1.165, 1.54) is 31.4 Å². The number of rotatable bonds is 14. The molecule has 1 atom stereocenters. The van der Waals surface area contributed by atoms with E-state index in [1.54, 1.807) is 0 Å². The molecule has 0 saturated heterocycles. The predicted molar refractivity (Wildman–Crippen MR) is 112 cm³/mol. The van der Waals surface area contributed by atoms with Crippen molar-refractivity contribution in [2.75, 3.05) is 0 Å². The van der Waals surface area contributed by atoms with Gasteiger partial charge in [0.1, 0.15) is 11.8 Å². The number of hydrogen-bond donors (Lipinski definition) is 2. The van der Waals surface area contributed by atoms with Crippen LogP contribution in [-0.2, 0) is 19.7 Å². The van der Waals surface area contributed by atoms with Crippen LogP contribution in [0, 0.1) is 0 Å². The summed E-state index contributed by atoms with van der Waals surface area (Å²) in [6, 6.07) is 4.13. The number of amides is 1. The summed E-state index contributed by atoms with van der Waals surface area (Å²) in [5.74, 6) is -0.608. The number of nitrogens with one attached hydrogen (secondary N) is 1. The van der Waals surface area contributed by atoms with Gasteiger partial charge >= 0.3 is 35.5 Å². The maximum atomic E-state index is 12.5. The summed E-state index contributed by atoms with van der Waals surface area (Å²) >= 11 is 0. The Bertz CT molecular complexity index is 743. The second-order valence-electron chi connectivity index (χ2n) is 7.15. The van der Waals surface area contributed by atoms with Crippen LogP contribution in [0.25, 0.3) is 0 Å². The molecular weight excluding hydrogens is 417 g/mol. The molecule has 1 rings (SSSR count). The van der Waals surface area contributed by atoms with Crippen LogP contribution in [0.4, 0.5) is 0 Å². The van der Waals surface area contributed by atoms with Crippen molar-refractivity contribution >= 4 is 22.0 Å². The molecule has 7 nitrogen and oxygen atoms in total. The molecule has 0 aromatic heterocycles. The van der Waals surface area contributed by atoms with Gasteiger partial charge in [0.15, 0.2) is 0 Å². The van der Waals surface area contributed by atoms with Gasteiger partial charge in [0.05, 0.1) is 4.90 Å². The zero-order chi connectivity index (χ0) is 21.7. The molecule has 0 fully saturated rings. The van der Waals surface area contributed by atoms with Crippen molar-refractivity contribution in [3.8, 4) is 5.75 Å². The molecule has 0 radical (unpaired) electrons. The van der Waals surface area contributed by atoms with Gasteiger partial charge in [-0.15, -0.1) is 0 Å². The molecule has 0 saturated carbocycles. The van der Waals surface area contributed by atoms with Crippen molar-refractivity contribution in [1.82, 2.24) is 5.32 Å². The molecule has 2 N–H and O–H groups in total. The molecule has 9 heteroatoms. The first-order valence-corrected chi connectivity index (χ1v) is 11.8. The van der Waals surface area contributed by atoms with Crippen molar-refractivity contribution in [2.24, 2.45) is 0 Å². The molecule has 0 heterocycles. The minimum absolute atomic E-state index is 0. The van der Waals surface area contributed by atoms with E-state index in [9.17, 15) is 18.0 Å². The minimum atomic E-state index is -4.31. The van der Waals surface area contributed by atoms with Crippen LogP contribution < -0.4 is 39.6 Å². The fourth-order valence-electron chi connectivity index (χ4n) is 2.86. The number of benzene rings is 1. The summed E-state index contributed by atoms with van der Waals surface area (Å²) in [6.45, 7) is 4.15. The third-order valence-electron chi connectivity index (χ3n) is 4.56. The second kappa shape index (κ2) is 15.8. The Kier molecular flexibility index (Phi) is 15.3. The number of carbonyl (C=O) groups excluding carboxylic acids is 2. The van der Waals surface area contributed by atoms with Crippen molar-refractivity contribution < 1.29 is 58.3 Å². The van der Waals surface area contributed by atoms with Crippen molar-refractivity contribution in [3.05, 3.63) is 24.3 Å². The first-order valence-electron chi connectivity index (χ1n) is 10.4. The van der Waals surface area contributed by atoms with Gasteiger partial charge in [0, 0.05) is 6.42 Å². The third kappa shape index (κ3) is 12.1. The Hall–Kier alpha value is -0.930. The molecule has 1 unspecified atom stereocenters. The first-order chi connectivity index (χ1) is 13.8. The molecule has 1 aromatic rings. The smallest absolute Gasteiger partial charge is 1.00 e. The Balaban J connectivity index is 0. The van der Waals surface area contributed by atoms with E-state index < -0.39 is 22.1 Å².